The van der Waals surface area contributed by atoms with E-state index in [0.717, 1.165) is 11.1 Å². The Hall–Kier alpha value is -2.27. The molecule has 0 N–H and O–H groups in total. The van der Waals surface area contributed by atoms with Gasteiger partial charge in [-0.2, -0.15) is 4.57 Å². The van der Waals surface area contributed by atoms with Gasteiger partial charge in [-0.15, -0.1) is 4.39 Å². The van der Waals surface area contributed by atoms with Crippen LogP contribution in [0, 0.1) is 5.95 Å². The van der Waals surface area contributed by atoms with Gasteiger partial charge in [0.05, 0.1) is 0 Å². The topological polar surface area (TPSA) is 3.88 Å². The number of nitrogens with zero attached hydrogens (tertiary/aromatic N) is 1. The molecule has 0 saturated carbocycles. The van der Waals surface area contributed by atoms with Crippen LogP contribution in [0.2, 0.25) is 0 Å². The van der Waals surface area contributed by atoms with E-state index in [1.165, 1.54) is 26.1 Å². The summed E-state index contributed by atoms with van der Waals surface area (Å²) in [6, 6.07) is 22.4. The van der Waals surface area contributed by atoms with E-state index in [1.807, 2.05) is 12.1 Å². The second-order valence-electron chi connectivity index (χ2n) is 5.96. The molecule has 0 amide bonds. The number of fused-ring (bicyclic) bond motifs is 2. The number of hydrogen-bond donors (Lipinski definition) is 0. The molecule has 0 atom stereocenters. The van der Waals surface area contributed by atoms with Gasteiger partial charge in [0.25, 0.3) is 0 Å². The van der Waals surface area contributed by atoms with E-state index in [4.69, 9.17) is 0 Å². The lowest BCUT2D eigenvalue weighted by Crippen LogP contribution is -3.00. The normalized spacial score (nSPS) is 11.1. The van der Waals surface area contributed by atoms with E-state index in [-0.39, 0.29) is 29.9 Å². The molecule has 25 heavy (non-hydrogen) atoms. The summed E-state index contributed by atoms with van der Waals surface area (Å²) in [5, 5.41) is 4.83. The highest BCUT2D eigenvalue weighted by molar-refractivity contribution is 6.07. The summed E-state index contributed by atoms with van der Waals surface area (Å²) in [6.07, 6.45) is 5.78. The van der Waals surface area contributed by atoms with Crippen molar-refractivity contribution in [3.05, 3.63) is 90.0 Å². The molecule has 0 fully saturated rings. The first-order chi connectivity index (χ1) is 11.7. The highest BCUT2D eigenvalue weighted by Gasteiger charge is 2.06. The fraction of sp³-hybridized carbons (Fsp3) is 0.0455. The molecule has 0 spiro atoms. The summed E-state index contributed by atoms with van der Waals surface area (Å²) in [5.74, 6) is -0.250. The third-order valence-corrected chi connectivity index (χ3v) is 4.37. The summed E-state index contributed by atoms with van der Waals surface area (Å²) >= 11 is 0. The molecule has 0 unspecified atom stereocenters. The first-order valence-electron chi connectivity index (χ1n) is 7.96. The molecular weight excluding hydrogens is 424 g/mol. The first-order valence-corrected chi connectivity index (χ1v) is 7.96. The quantitative estimate of drug-likeness (QED) is 0.194. The zero-order chi connectivity index (χ0) is 16.5. The zero-order valence-electron chi connectivity index (χ0n) is 13.8. The van der Waals surface area contributed by atoms with Crippen LogP contribution in [0.1, 0.15) is 11.1 Å². The lowest BCUT2D eigenvalue weighted by atomic mass is 9.96. The Kier molecular flexibility index (Phi) is 5.13. The van der Waals surface area contributed by atoms with Crippen molar-refractivity contribution in [2.45, 2.75) is 0 Å². The smallest absolute Gasteiger partial charge is 0.359 e. The average molecular weight is 441 g/mol. The minimum atomic E-state index is -0.250. The maximum atomic E-state index is 13.7. The Bertz CT molecular complexity index is 1030. The maximum Gasteiger partial charge on any atom is 0.359 e. The van der Waals surface area contributed by atoms with Crippen LogP contribution in [0.15, 0.2) is 72.9 Å². The highest BCUT2D eigenvalue weighted by Crippen LogP contribution is 2.29. The molecule has 0 bridgehead atoms. The van der Waals surface area contributed by atoms with E-state index in [1.54, 1.807) is 19.3 Å². The second-order valence-corrected chi connectivity index (χ2v) is 5.96. The number of rotatable bonds is 2. The van der Waals surface area contributed by atoms with Crippen molar-refractivity contribution in [2.24, 2.45) is 7.05 Å². The van der Waals surface area contributed by atoms with Gasteiger partial charge in [0.15, 0.2) is 6.20 Å². The van der Waals surface area contributed by atoms with E-state index in [2.05, 4.69) is 60.7 Å². The predicted octanol–water partition coefficient (Wildman–Crippen LogP) is 2.13. The van der Waals surface area contributed by atoms with Gasteiger partial charge in [-0.05, 0) is 38.7 Å². The van der Waals surface area contributed by atoms with Gasteiger partial charge in [-0.3, -0.25) is 0 Å². The van der Waals surface area contributed by atoms with Gasteiger partial charge in [0.2, 0.25) is 0 Å². The van der Waals surface area contributed by atoms with Crippen LogP contribution in [0.4, 0.5) is 4.39 Å². The van der Waals surface area contributed by atoms with Crippen molar-refractivity contribution in [1.82, 2.24) is 0 Å². The molecule has 124 valence electrons. The van der Waals surface area contributed by atoms with Crippen molar-refractivity contribution in [1.29, 1.82) is 0 Å². The minimum absolute atomic E-state index is 0. The van der Waals surface area contributed by atoms with Gasteiger partial charge in [-0.1, -0.05) is 60.7 Å². The van der Waals surface area contributed by atoms with E-state index >= 15 is 0 Å². The Morgan fingerprint density at radius 3 is 2.00 bits per heavy atom. The van der Waals surface area contributed by atoms with Crippen molar-refractivity contribution in [3.63, 3.8) is 0 Å². The molecule has 1 heterocycles. The molecule has 1 aromatic heterocycles. The molecule has 4 rings (SSSR count). The van der Waals surface area contributed by atoms with Crippen molar-refractivity contribution < 1.29 is 32.9 Å². The SMILES string of the molecule is C[n+]1ccc(C=Cc2c3ccccc3cc3ccccc23)cc1F.[I-]. The first kappa shape index (κ1) is 17.5. The van der Waals surface area contributed by atoms with E-state index < -0.39 is 0 Å². The third kappa shape index (κ3) is 3.42. The molecule has 0 aliphatic heterocycles. The zero-order valence-corrected chi connectivity index (χ0v) is 15.9. The molecule has 0 aliphatic rings. The number of benzene rings is 3. The largest absolute Gasteiger partial charge is 1.00 e. The number of halogens is 2. The van der Waals surface area contributed by atoms with Crippen LogP contribution in [0.5, 0.6) is 0 Å². The lowest BCUT2D eigenvalue weighted by molar-refractivity contribution is -0.700. The third-order valence-electron chi connectivity index (χ3n) is 4.37. The Balaban J connectivity index is 0.00000182. The number of hydrogen-bond acceptors (Lipinski definition) is 0. The molecular formula is C22H17FIN. The van der Waals surface area contributed by atoms with Crippen molar-refractivity contribution >= 4 is 33.7 Å². The summed E-state index contributed by atoms with van der Waals surface area (Å²) in [5.41, 5.74) is 2.01. The summed E-state index contributed by atoms with van der Waals surface area (Å²) < 4.78 is 15.2. The van der Waals surface area contributed by atoms with E-state index in [0.29, 0.717) is 0 Å². The van der Waals surface area contributed by atoms with Crippen LogP contribution >= 0.6 is 0 Å². The van der Waals surface area contributed by atoms with Crippen molar-refractivity contribution in [3.8, 4) is 0 Å². The van der Waals surface area contributed by atoms with Crippen LogP contribution in [-0.4, -0.2) is 0 Å². The fourth-order valence-corrected chi connectivity index (χ4v) is 3.07. The summed E-state index contributed by atoms with van der Waals surface area (Å²) in [7, 11) is 1.70. The second kappa shape index (κ2) is 7.31. The van der Waals surface area contributed by atoms with Gasteiger partial charge in [-0.25, -0.2) is 0 Å². The lowest BCUT2D eigenvalue weighted by Gasteiger charge is -2.08. The molecule has 4 aromatic rings. The monoisotopic (exact) mass is 441 g/mol. The molecule has 0 aliphatic carbocycles. The van der Waals surface area contributed by atoms with Crippen LogP contribution in [0.25, 0.3) is 33.7 Å². The number of aryl methyl sites for hydroxylation is 1. The molecule has 3 aromatic carbocycles. The van der Waals surface area contributed by atoms with Crippen LogP contribution < -0.4 is 28.5 Å². The Morgan fingerprint density at radius 1 is 0.800 bits per heavy atom. The van der Waals surface area contributed by atoms with Crippen LogP contribution in [-0.2, 0) is 7.05 Å². The van der Waals surface area contributed by atoms with Crippen LogP contribution in [0.3, 0.4) is 0 Å². The van der Waals surface area contributed by atoms with Gasteiger partial charge >= 0.3 is 5.95 Å². The summed E-state index contributed by atoms with van der Waals surface area (Å²) in [4.78, 5) is 0. The Morgan fingerprint density at radius 2 is 1.40 bits per heavy atom. The molecule has 1 nitrogen and oxygen atoms in total. The van der Waals surface area contributed by atoms with Gasteiger partial charge in [0.1, 0.15) is 7.05 Å². The van der Waals surface area contributed by atoms with Crippen molar-refractivity contribution in [2.75, 3.05) is 0 Å². The average Bonchev–Trinajstić information content (AvgIpc) is 2.61. The van der Waals surface area contributed by atoms with Gasteiger partial charge < -0.3 is 24.0 Å². The predicted molar refractivity (Wildman–Crippen MR) is 98.0 cm³/mol. The number of pyridine rings is 1. The summed E-state index contributed by atoms with van der Waals surface area (Å²) in [6.45, 7) is 0. The van der Waals surface area contributed by atoms with E-state index in [9.17, 15) is 4.39 Å². The molecule has 0 saturated heterocycles. The number of aromatic nitrogens is 1. The molecule has 0 radical (unpaired) electrons. The maximum absolute atomic E-state index is 13.7. The van der Waals surface area contributed by atoms with Gasteiger partial charge in [0, 0.05) is 12.1 Å². The molecule has 3 heteroatoms. The standard InChI is InChI=1S/C22H17FN.HI/c1-24-13-12-16(14-22(24)23)10-11-21-19-8-4-2-6-17(19)15-18-7-3-5-9-20(18)21;/h2-15H,1H3;1H/q+1;/p-1. The Labute approximate surface area is 163 Å². The fourth-order valence-electron chi connectivity index (χ4n) is 3.07. The minimum Gasteiger partial charge on any atom is -1.00 e. The highest BCUT2D eigenvalue weighted by atomic mass is 127.